The molecule has 2 heterocycles. The van der Waals surface area contributed by atoms with Crippen LogP contribution in [-0.4, -0.2) is 79.2 Å². The van der Waals surface area contributed by atoms with E-state index < -0.39 is 17.7 Å². The Balaban J connectivity index is 1.66. The number of rotatable bonds is 12. The van der Waals surface area contributed by atoms with Crippen molar-refractivity contribution in [2.45, 2.75) is 46.1 Å². The molecule has 2 aromatic rings. The normalized spacial score (nSPS) is 19.5. The van der Waals surface area contributed by atoms with Crippen LogP contribution in [0.3, 0.4) is 0 Å². The topological polar surface area (TPSA) is 88.5 Å². The van der Waals surface area contributed by atoms with Gasteiger partial charge >= 0.3 is 0 Å². The average Bonchev–Trinajstić information content (AvgIpc) is 3.21. The maximum Gasteiger partial charge on any atom is 0.295 e. The number of ether oxygens (including phenoxy) is 3. The number of carbonyl (C=O) groups excluding carboxylic acids is 2. The summed E-state index contributed by atoms with van der Waals surface area (Å²) < 4.78 is 16.9. The zero-order valence-electron chi connectivity index (χ0n) is 23.3. The molecule has 2 aliphatic heterocycles. The van der Waals surface area contributed by atoms with Crippen molar-refractivity contribution >= 4 is 17.4 Å². The van der Waals surface area contributed by atoms with Crippen molar-refractivity contribution in [3.8, 4) is 11.5 Å². The standard InChI is InChI=1S/C31H40N2O6/c1-4-17-38-25-10-7-23(8-11-25)28-27(29(34)24-9-12-26(22(3)21-24)39-18-5-2)30(35)31(36)33(28)14-6-13-32-15-19-37-20-16-32/h7-12,21,28,34H,4-6,13-20H2,1-3H3. The lowest BCUT2D eigenvalue weighted by atomic mass is 9.94. The van der Waals surface area contributed by atoms with Crippen molar-refractivity contribution in [2.75, 3.05) is 52.6 Å². The number of ketones is 1. The molecule has 210 valence electrons. The van der Waals surface area contributed by atoms with E-state index >= 15 is 0 Å². The van der Waals surface area contributed by atoms with Crippen LogP contribution in [0.4, 0.5) is 0 Å². The smallest absolute Gasteiger partial charge is 0.295 e. The van der Waals surface area contributed by atoms with E-state index in [-0.39, 0.29) is 11.3 Å². The van der Waals surface area contributed by atoms with Gasteiger partial charge in [0.2, 0.25) is 0 Å². The Morgan fingerprint density at radius 2 is 1.67 bits per heavy atom. The summed E-state index contributed by atoms with van der Waals surface area (Å²) in [5, 5.41) is 11.4. The molecular weight excluding hydrogens is 496 g/mol. The number of carbonyl (C=O) groups is 2. The maximum atomic E-state index is 13.4. The van der Waals surface area contributed by atoms with Gasteiger partial charge in [0, 0.05) is 31.7 Å². The Morgan fingerprint density at radius 3 is 2.33 bits per heavy atom. The highest BCUT2D eigenvalue weighted by molar-refractivity contribution is 6.46. The van der Waals surface area contributed by atoms with E-state index in [1.54, 1.807) is 23.1 Å². The summed E-state index contributed by atoms with van der Waals surface area (Å²) in [5.74, 6) is 0.0263. The lowest BCUT2D eigenvalue weighted by Gasteiger charge is -2.29. The van der Waals surface area contributed by atoms with Gasteiger partial charge in [-0.15, -0.1) is 0 Å². The second-order valence-electron chi connectivity index (χ2n) is 10.0. The van der Waals surface area contributed by atoms with Gasteiger partial charge in [0.1, 0.15) is 17.3 Å². The third kappa shape index (κ3) is 6.81. The lowest BCUT2D eigenvalue weighted by Crippen LogP contribution is -2.38. The summed E-state index contributed by atoms with van der Waals surface area (Å²) in [4.78, 5) is 30.6. The monoisotopic (exact) mass is 536 g/mol. The van der Waals surface area contributed by atoms with Crippen molar-refractivity contribution in [1.29, 1.82) is 0 Å². The number of Topliss-reactive ketones (excluding diaryl/α,β-unsaturated/α-hetero) is 1. The van der Waals surface area contributed by atoms with Crippen molar-refractivity contribution < 1.29 is 28.9 Å². The molecule has 0 saturated carbocycles. The summed E-state index contributed by atoms with van der Waals surface area (Å²) in [6.45, 7) is 11.5. The van der Waals surface area contributed by atoms with Gasteiger partial charge in [-0.05, 0) is 67.6 Å². The van der Waals surface area contributed by atoms with E-state index in [9.17, 15) is 14.7 Å². The minimum atomic E-state index is -0.689. The number of aryl methyl sites for hydroxylation is 1. The first-order valence-corrected chi connectivity index (χ1v) is 14.0. The molecule has 2 fully saturated rings. The van der Waals surface area contributed by atoms with Crippen LogP contribution in [0, 0.1) is 6.92 Å². The number of likely N-dealkylation sites (tertiary alicyclic amines) is 1. The fourth-order valence-electron chi connectivity index (χ4n) is 5.04. The number of morpholine rings is 1. The first-order chi connectivity index (χ1) is 18.9. The highest BCUT2D eigenvalue weighted by Gasteiger charge is 2.45. The quantitative estimate of drug-likeness (QED) is 0.239. The highest BCUT2D eigenvalue weighted by atomic mass is 16.5. The molecule has 1 unspecified atom stereocenters. The van der Waals surface area contributed by atoms with Crippen molar-refractivity contribution in [3.63, 3.8) is 0 Å². The number of hydrogen-bond acceptors (Lipinski definition) is 7. The minimum absolute atomic E-state index is 0.107. The predicted octanol–water partition coefficient (Wildman–Crippen LogP) is 4.72. The molecule has 2 aromatic carbocycles. The maximum absolute atomic E-state index is 13.4. The van der Waals surface area contributed by atoms with E-state index in [1.807, 2.05) is 45.0 Å². The van der Waals surface area contributed by atoms with Crippen molar-refractivity contribution in [3.05, 3.63) is 64.7 Å². The molecule has 4 rings (SSSR count). The number of amides is 1. The minimum Gasteiger partial charge on any atom is -0.507 e. The Bertz CT molecular complexity index is 1170. The van der Waals surface area contributed by atoms with Crippen LogP contribution in [0.5, 0.6) is 11.5 Å². The third-order valence-electron chi connectivity index (χ3n) is 7.10. The lowest BCUT2D eigenvalue weighted by molar-refractivity contribution is -0.140. The Kier molecular flexibility index (Phi) is 10.0. The van der Waals surface area contributed by atoms with E-state index in [2.05, 4.69) is 4.90 Å². The van der Waals surface area contributed by atoms with Gasteiger partial charge in [-0.1, -0.05) is 26.0 Å². The SMILES string of the molecule is CCCOc1ccc(C2C(=C(O)c3ccc(OCCC)c(C)c3)C(=O)C(=O)N2CCCN2CCOCC2)cc1. The summed E-state index contributed by atoms with van der Waals surface area (Å²) in [6, 6.07) is 12.1. The third-order valence-corrected chi connectivity index (χ3v) is 7.10. The van der Waals surface area contributed by atoms with Crippen LogP contribution in [-0.2, 0) is 14.3 Å². The molecule has 0 aromatic heterocycles. The molecule has 0 bridgehead atoms. The zero-order chi connectivity index (χ0) is 27.8. The fraction of sp³-hybridized carbons (Fsp3) is 0.484. The second kappa shape index (κ2) is 13.6. The van der Waals surface area contributed by atoms with Gasteiger partial charge < -0.3 is 24.2 Å². The number of aliphatic hydroxyl groups is 1. The number of nitrogens with zero attached hydrogens (tertiary/aromatic N) is 2. The summed E-state index contributed by atoms with van der Waals surface area (Å²) in [6.07, 6.45) is 2.50. The molecule has 1 amide bonds. The van der Waals surface area contributed by atoms with Gasteiger partial charge in [0.05, 0.1) is 38.0 Å². The predicted molar refractivity (Wildman–Crippen MR) is 150 cm³/mol. The van der Waals surface area contributed by atoms with Crippen LogP contribution in [0.1, 0.15) is 55.8 Å². The van der Waals surface area contributed by atoms with Crippen LogP contribution in [0.2, 0.25) is 0 Å². The summed E-state index contributed by atoms with van der Waals surface area (Å²) in [7, 11) is 0. The molecule has 8 nitrogen and oxygen atoms in total. The molecule has 0 radical (unpaired) electrons. The van der Waals surface area contributed by atoms with Crippen LogP contribution < -0.4 is 9.47 Å². The molecule has 8 heteroatoms. The fourth-order valence-corrected chi connectivity index (χ4v) is 5.04. The van der Waals surface area contributed by atoms with E-state index in [4.69, 9.17) is 14.2 Å². The van der Waals surface area contributed by atoms with Gasteiger partial charge in [0.25, 0.3) is 11.7 Å². The number of aliphatic hydroxyl groups excluding tert-OH is 1. The van der Waals surface area contributed by atoms with E-state index in [0.717, 1.165) is 55.1 Å². The molecule has 2 aliphatic rings. The van der Waals surface area contributed by atoms with Gasteiger partial charge in [-0.2, -0.15) is 0 Å². The molecule has 2 saturated heterocycles. The number of benzene rings is 2. The van der Waals surface area contributed by atoms with E-state index in [0.29, 0.717) is 45.0 Å². The second-order valence-corrected chi connectivity index (χ2v) is 10.0. The Hall–Kier alpha value is -3.36. The van der Waals surface area contributed by atoms with Crippen molar-refractivity contribution in [1.82, 2.24) is 9.80 Å². The van der Waals surface area contributed by atoms with Gasteiger partial charge in [0.15, 0.2) is 0 Å². The Morgan fingerprint density at radius 1 is 0.974 bits per heavy atom. The first kappa shape index (κ1) is 28.6. The van der Waals surface area contributed by atoms with Crippen LogP contribution >= 0.6 is 0 Å². The molecule has 0 spiro atoms. The molecule has 1 N–H and O–H groups in total. The van der Waals surface area contributed by atoms with E-state index in [1.165, 1.54) is 0 Å². The van der Waals surface area contributed by atoms with Crippen molar-refractivity contribution in [2.24, 2.45) is 0 Å². The van der Waals surface area contributed by atoms with Gasteiger partial charge in [-0.3, -0.25) is 14.5 Å². The molecule has 0 aliphatic carbocycles. The molecule has 1 atom stereocenters. The largest absolute Gasteiger partial charge is 0.507 e. The highest BCUT2D eigenvalue weighted by Crippen LogP contribution is 2.40. The molecular formula is C31H40N2O6. The Labute approximate surface area is 231 Å². The first-order valence-electron chi connectivity index (χ1n) is 14.0. The molecule has 39 heavy (non-hydrogen) atoms. The number of hydrogen-bond donors (Lipinski definition) is 1. The summed E-state index contributed by atoms with van der Waals surface area (Å²) in [5.41, 5.74) is 2.19. The zero-order valence-corrected chi connectivity index (χ0v) is 23.3. The van der Waals surface area contributed by atoms with Gasteiger partial charge in [-0.25, -0.2) is 0 Å². The van der Waals surface area contributed by atoms with Crippen LogP contribution in [0.25, 0.3) is 5.76 Å². The van der Waals surface area contributed by atoms with Crippen LogP contribution in [0.15, 0.2) is 48.0 Å². The summed E-state index contributed by atoms with van der Waals surface area (Å²) >= 11 is 0. The average molecular weight is 537 g/mol.